The van der Waals surface area contributed by atoms with Crippen molar-refractivity contribution in [3.8, 4) is 22.5 Å². The molecule has 0 saturated carbocycles. The summed E-state index contributed by atoms with van der Waals surface area (Å²) >= 11 is 0. The number of carbonyl (C=O) groups is 1. The summed E-state index contributed by atoms with van der Waals surface area (Å²) in [5.41, 5.74) is 10.5. The van der Waals surface area contributed by atoms with Crippen LogP contribution in [0.5, 0.6) is 0 Å². The second kappa shape index (κ2) is 13.1. The van der Waals surface area contributed by atoms with E-state index in [1.54, 1.807) is 0 Å². The Balaban J connectivity index is 0.000000480. The van der Waals surface area contributed by atoms with Crippen LogP contribution in [0, 0.1) is 6.92 Å². The van der Waals surface area contributed by atoms with Gasteiger partial charge in [0.25, 0.3) is 0 Å². The van der Waals surface area contributed by atoms with Crippen LogP contribution in [-0.4, -0.2) is 60.2 Å². The summed E-state index contributed by atoms with van der Waals surface area (Å²) in [4.78, 5) is 21.6. The van der Waals surface area contributed by atoms with Crippen LogP contribution < -0.4 is 0 Å². The Morgan fingerprint density at radius 3 is 2.09 bits per heavy atom. The molecule has 8 nitrogen and oxygen atoms in total. The van der Waals surface area contributed by atoms with Crippen LogP contribution in [0.3, 0.4) is 0 Å². The lowest BCUT2D eigenvalue weighted by Gasteiger charge is -2.32. The number of aliphatic carboxylic acids is 1. The zero-order valence-electron chi connectivity index (χ0n) is 25.0. The van der Waals surface area contributed by atoms with Gasteiger partial charge in [-0.05, 0) is 55.2 Å². The molecule has 0 atom stereocenters. The van der Waals surface area contributed by atoms with E-state index in [4.69, 9.17) is 19.9 Å². The first-order valence-corrected chi connectivity index (χ1v) is 14.9. The third-order valence-corrected chi connectivity index (χ3v) is 8.02. The summed E-state index contributed by atoms with van der Waals surface area (Å²) < 4.78 is 33.9. The Labute approximate surface area is 263 Å². The highest BCUT2D eigenvalue weighted by Gasteiger charge is 2.38. The first-order valence-electron chi connectivity index (χ1n) is 14.9. The van der Waals surface area contributed by atoms with Crippen LogP contribution >= 0.6 is 0 Å². The minimum absolute atomic E-state index is 0.405. The zero-order valence-corrected chi connectivity index (χ0v) is 25.0. The Bertz CT molecular complexity index is 1970. The molecule has 1 aliphatic heterocycles. The molecule has 1 aliphatic rings. The number of para-hydroxylation sites is 1. The molecule has 0 aliphatic carbocycles. The predicted molar refractivity (Wildman–Crippen MR) is 170 cm³/mol. The van der Waals surface area contributed by atoms with E-state index in [0.29, 0.717) is 6.04 Å². The summed E-state index contributed by atoms with van der Waals surface area (Å²) in [6.07, 6.45) is -2.92. The maximum absolute atomic E-state index is 10.6. The lowest BCUT2D eigenvalue weighted by molar-refractivity contribution is -0.192. The van der Waals surface area contributed by atoms with Crippen molar-refractivity contribution in [1.29, 1.82) is 0 Å². The Kier molecular flexibility index (Phi) is 8.76. The van der Waals surface area contributed by atoms with Crippen LogP contribution in [-0.2, 0) is 11.3 Å². The second-order valence-electron chi connectivity index (χ2n) is 11.3. The third kappa shape index (κ3) is 6.89. The first kappa shape index (κ1) is 30.8. The molecule has 0 radical (unpaired) electrons. The molecule has 11 heteroatoms. The number of halogens is 3. The number of carboxylic acid groups (broad SMARTS) is 1. The average Bonchev–Trinajstić information content (AvgIpc) is 3.49. The van der Waals surface area contributed by atoms with Gasteiger partial charge in [0.05, 0.1) is 34.0 Å². The number of aromatic nitrogens is 5. The van der Waals surface area contributed by atoms with E-state index in [-0.39, 0.29) is 0 Å². The van der Waals surface area contributed by atoms with Crippen molar-refractivity contribution in [2.75, 3.05) is 13.1 Å². The zero-order chi connectivity index (χ0) is 32.3. The number of likely N-dealkylation sites (tertiary alicyclic amines) is 1. The molecule has 1 N–H and O–H groups in total. The number of piperidine rings is 1. The van der Waals surface area contributed by atoms with Gasteiger partial charge in [-0.3, -0.25) is 4.90 Å². The fourth-order valence-electron chi connectivity index (χ4n) is 5.67. The normalized spacial score (nSPS) is 14.3. The number of aryl methyl sites for hydroxylation is 1. The SMILES string of the molecule is Cc1ccc2nc(-c3ccc(CN4CCC(n5nnc6ccccc65)CC4)cc3)c(-c3ccccc3)nc2c1.O=C(O)C(F)(F)F. The minimum atomic E-state index is -5.08. The molecule has 0 bridgehead atoms. The summed E-state index contributed by atoms with van der Waals surface area (Å²) in [6, 6.07) is 34.1. The Morgan fingerprint density at radius 2 is 1.41 bits per heavy atom. The molecular formula is C35H31F3N6O2. The van der Waals surface area contributed by atoms with Crippen molar-refractivity contribution in [2.24, 2.45) is 0 Å². The van der Waals surface area contributed by atoms with Crippen molar-refractivity contribution in [3.63, 3.8) is 0 Å². The van der Waals surface area contributed by atoms with Gasteiger partial charge in [0.2, 0.25) is 0 Å². The minimum Gasteiger partial charge on any atom is -0.475 e. The number of fused-ring (bicyclic) bond motifs is 2. The molecule has 1 fully saturated rings. The molecule has 3 heterocycles. The number of rotatable bonds is 5. The quantitative estimate of drug-likeness (QED) is 0.212. The topological polar surface area (TPSA) is 97.0 Å². The predicted octanol–water partition coefficient (Wildman–Crippen LogP) is 7.49. The molecule has 2 aromatic heterocycles. The van der Waals surface area contributed by atoms with Gasteiger partial charge in [-0.1, -0.05) is 78.0 Å². The molecule has 4 aromatic carbocycles. The molecule has 0 unspecified atom stereocenters. The molecule has 7 rings (SSSR count). The van der Waals surface area contributed by atoms with Gasteiger partial charge >= 0.3 is 12.1 Å². The number of hydrogen-bond acceptors (Lipinski definition) is 6. The van der Waals surface area contributed by atoms with Crippen LogP contribution in [0.25, 0.3) is 44.6 Å². The molecule has 6 aromatic rings. The van der Waals surface area contributed by atoms with Crippen LogP contribution in [0.4, 0.5) is 13.2 Å². The monoisotopic (exact) mass is 624 g/mol. The molecule has 234 valence electrons. The van der Waals surface area contributed by atoms with Crippen molar-refractivity contribution in [3.05, 3.63) is 108 Å². The van der Waals surface area contributed by atoms with E-state index in [1.807, 2.05) is 18.2 Å². The number of carboxylic acids is 1. The van der Waals surface area contributed by atoms with Gasteiger partial charge in [0.1, 0.15) is 5.52 Å². The van der Waals surface area contributed by atoms with Crippen LogP contribution in [0.2, 0.25) is 0 Å². The maximum atomic E-state index is 10.6. The van der Waals surface area contributed by atoms with E-state index in [0.717, 1.165) is 77.1 Å². The average molecular weight is 625 g/mol. The van der Waals surface area contributed by atoms with Crippen molar-refractivity contribution >= 4 is 28.0 Å². The number of hydrogen-bond donors (Lipinski definition) is 1. The Hall–Kier alpha value is -5.16. The summed E-state index contributed by atoms with van der Waals surface area (Å²) in [5, 5.41) is 15.9. The van der Waals surface area contributed by atoms with Crippen molar-refractivity contribution < 1.29 is 23.1 Å². The summed E-state index contributed by atoms with van der Waals surface area (Å²) in [5.74, 6) is -2.76. The van der Waals surface area contributed by atoms with E-state index >= 15 is 0 Å². The number of alkyl halides is 3. The fraction of sp³-hybridized carbons (Fsp3) is 0.229. The van der Waals surface area contributed by atoms with Crippen molar-refractivity contribution in [1.82, 2.24) is 29.9 Å². The largest absolute Gasteiger partial charge is 0.490 e. The van der Waals surface area contributed by atoms with Gasteiger partial charge < -0.3 is 5.11 Å². The maximum Gasteiger partial charge on any atom is 0.490 e. The lowest BCUT2D eigenvalue weighted by Crippen LogP contribution is -2.34. The second-order valence-corrected chi connectivity index (χ2v) is 11.3. The van der Waals surface area contributed by atoms with Gasteiger partial charge in [-0.25, -0.2) is 19.4 Å². The smallest absolute Gasteiger partial charge is 0.475 e. The fourth-order valence-corrected chi connectivity index (χ4v) is 5.67. The number of benzene rings is 4. The van der Waals surface area contributed by atoms with Crippen LogP contribution in [0.1, 0.15) is 30.0 Å². The summed E-state index contributed by atoms with van der Waals surface area (Å²) in [7, 11) is 0. The van der Waals surface area contributed by atoms with Crippen molar-refractivity contribution in [2.45, 2.75) is 38.5 Å². The van der Waals surface area contributed by atoms with Crippen LogP contribution in [0.15, 0.2) is 97.1 Å². The summed E-state index contributed by atoms with van der Waals surface area (Å²) in [6.45, 7) is 5.14. The van der Waals surface area contributed by atoms with E-state index in [9.17, 15) is 13.2 Å². The molecule has 1 saturated heterocycles. The van der Waals surface area contributed by atoms with Gasteiger partial charge in [-0.2, -0.15) is 13.2 Å². The molecule has 46 heavy (non-hydrogen) atoms. The highest BCUT2D eigenvalue weighted by molar-refractivity contribution is 5.86. The standard InChI is InChI=1S/C33H30N6.C2HF3O2/c1-23-11-16-28-30(21-23)35-32(25-7-3-2-4-8-25)33(34-28)26-14-12-24(13-15-26)22-38-19-17-27(18-20-38)39-31-10-6-5-9-29(31)36-37-39;3-2(4,5)1(6)7/h2-16,21,27H,17-20,22H2,1H3;(H,6,7). The highest BCUT2D eigenvalue weighted by Crippen LogP contribution is 2.32. The third-order valence-electron chi connectivity index (χ3n) is 8.02. The number of nitrogens with zero attached hydrogens (tertiary/aromatic N) is 6. The molecule has 0 spiro atoms. The van der Waals surface area contributed by atoms with E-state index < -0.39 is 12.1 Å². The molecular weight excluding hydrogens is 593 g/mol. The van der Waals surface area contributed by atoms with Gasteiger partial charge in [0, 0.05) is 30.8 Å². The highest BCUT2D eigenvalue weighted by atomic mass is 19.4. The van der Waals surface area contributed by atoms with Gasteiger partial charge in [0.15, 0.2) is 0 Å². The van der Waals surface area contributed by atoms with Gasteiger partial charge in [-0.15, -0.1) is 5.10 Å². The lowest BCUT2D eigenvalue weighted by atomic mass is 10.0. The molecule has 0 amide bonds. The van der Waals surface area contributed by atoms with E-state index in [2.05, 4.69) is 106 Å². The van der Waals surface area contributed by atoms with E-state index in [1.165, 1.54) is 11.1 Å². The Morgan fingerprint density at radius 1 is 0.804 bits per heavy atom. The first-order chi connectivity index (χ1) is 22.2.